The van der Waals surface area contributed by atoms with Crippen molar-refractivity contribution in [3.63, 3.8) is 0 Å². The SMILES string of the molecule is CCN1CCC(C(C)Nc2ccc(OC)cc2OC)CC1. The monoisotopic (exact) mass is 292 g/mol. The van der Waals surface area contributed by atoms with Crippen molar-refractivity contribution in [1.82, 2.24) is 4.90 Å². The normalized spacial score (nSPS) is 18.3. The smallest absolute Gasteiger partial charge is 0.145 e. The first kappa shape index (κ1) is 16.0. The van der Waals surface area contributed by atoms with Gasteiger partial charge in [0.25, 0.3) is 0 Å². The van der Waals surface area contributed by atoms with Gasteiger partial charge in [0.15, 0.2) is 0 Å². The number of hydrogen-bond acceptors (Lipinski definition) is 4. The fraction of sp³-hybridized carbons (Fsp3) is 0.647. The molecule has 0 radical (unpaired) electrons. The van der Waals surface area contributed by atoms with Crippen molar-refractivity contribution in [3.8, 4) is 11.5 Å². The second-order valence-electron chi connectivity index (χ2n) is 5.77. The highest BCUT2D eigenvalue weighted by Gasteiger charge is 2.23. The first-order valence-electron chi connectivity index (χ1n) is 7.88. The molecule has 1 heterocycles. The molecule has 2 rings (SSSR count). The molecule has 0 aromatic heterocycles. The van der Waals surface area contributed by atoms with E-state index in [0.717, 1.165) is 23.1 Å². The number of ether oxygens (including phenoxy) is 2. The molecule has 1 fully saturated rings. The molecule has 1 aliphatic rings. The molecule has 1 saturated heterocycles. The maximum Gasteiger partial charge on any atom is 0.145 e. The lowest BCUT2D eigenvalue weighted by Crippen LogP contribution is -2.39. The third-order valence-corrected chi connectivity index (χ3v) is 4.58. The molecular weight excluding hydrogens is 264 g/mol. The molecule has 1 aliphatic heterocycles. The molecule has 0 bridgehead atoms. The summed E-state index contributed by atoms with van der Waals surface area (Å²) in [6.07, 6.45) is 2.53. The Bertz CT molecular complexity index is 442. The van der Waals surface area contributed by atoms with Crippen LogP contribution in [0, 0.1) is 5.92 Å². The number of hydrogen-bond donors (Lipinski definition) is 1. The number of rotatable bonds is 6. The average Bonchev–Trinajstić information content (AvgIpc) is 2.55. The van der Waals surface area contributed by atoms with Crippen molar-refractivity contribution < 1.29 is 9.47 Å². The predicted molar refractivity (Wildman–Crippen MR) is 87.5 cm³/mol. The molecule has 0 saturated carbocycles. The fourth-order valence-corrected chi connectivity index (χ4v) is 3.05. The van der Waals surface area contributed by atoms with E-state index in [-0.39, 0.29) is 0 Å². The van der Waals surface area contributed by atoms with Crippen molar-refractivity contribution >= 4 is 5.69 Å². The van der Waals surface area contributed by atoms with E-state index in [1.807, 2.05) is 18.2 Å². The molecule has 1 aromatic rings. The van der Waals surface area contributed by atoms with Crippen LogP contribution in [0.3, 0.4) is 0 Å². The van der Waals surface area contributed by atoms with Crippen LogP contribution in [-0.2, 0) is 0 Å². The highest BCUT2D eigenvalue weighted by atomic mass is 16.5. The molecule has 118 valence electrons. The van der Waals surface area contributed by atoms with Crippen LogP contribution in [-0.4, -0.2) is 44.8 Å². The van der Waals surface area contributed by atoms with Gasteiger partial charge in [-0.3, -0.25) is 0 Å². The van der Waals surface area contributed by atoms with Gasteiger partial charge < -0.3 is 19.7 Å². The Morgan fingerprint density at radius 2 is 1.95 bits per heavy atom. The van der Waals surface area contributed by atoms with Gasteiger partial charge in [-0.05, 0) is 57.5 Å². The zero-order valence-electron chi connectivity index (χ0n) is 13.7. The summed E-state index contributed by atoms with van der Waals surface area (Å²) in [6, 6.07) is 6.38. The predicted octanol–water partition coefficient (Wildman–Crippen LogP) is 3.24. The van der Waals surface area contributed by atoms with Crippen LogP contribution in [0.2, 0.25) is 0 Å². The molecular formula is C17H28N2O2. The van der Waals surface area contributed by atoms with Crippen molar-refractivity contribution in [2.45, 2.75) is 32.7 Å². The quantitative estimate of drug-likeness (QED) is 0.873. The lowest BCUT2D eigenvalue weighted by atomic mass is 9.90. The summed E-state index contributed by atoms with van der Waals surface area (Å²) in [5.41, 5.74) is 1.05. The lowest BCUT2D eigenvalue weighted by Gasteiger charge is -2.35. The number of nitrogens with one attached hydrogen (secondary N) is 1. The maximum atomic E-state index is 5.46. The molecule has 1 unspecified atom stereocenters. The summed E-state index contributed by atoms with van der Waals surface area (Å²) in [6.45, 7) is 8.11. The van der Waals surface area contributed by atoms with Gasteiger partial charge in [-0.1, -0.05) is 6.92 Å². The standard InChI is InChI=1S/C17H28N2O2/c1-5-19-10-8-14(9-11-19)13(2)18-16-7-6-15(20-3)12-17(16)21-4/h6-7,12-14,18H,5,8-11H2,1-4H3. The van der Waals surface area contributed by atoms with E-state index in [0.29, 0.717) is 6.04 Å². The molecule has 1 aromatic carbocycles. The third kappa shape index (κ3) is 4.03. The first-order chi connectivity index (χ1) is 10.2. The van der Waals surface area contributed by atoms with E-state index >= 15 is 0 Å². The van der Waals surface area contributed by atoms with Gasteiger partial charge in [-0.25, -0.2) is 0 Å². The second kappa shape index (κ2) is 7.55. The van der Waals surface area contributed by atoms with E-state index < -0.39 is 0 Å². The van der Waals surface area contributed by atoms with E-state index in [4.69, 9.17) is 9.47 Å². The minimum Gasteiger partial charge on any atom is -0.497 e. The van der Waals surface area contributed by atoms with Crippen LogP contribution in [0.1, 0.15) is 26.7 Å². The zero-order valence-corrected chi connectivity index (χ0v) is 13.7. The van der Waals surface area contributed by atoms with Crippen molar-refractivity contribution in [1.29, 1.82) is 0 Å². The lowest BCUT2D eigenvalue weighted by molar-refractivity contribution is 0.183. The maximum absolute atomic E-state index is 5.46. The molecule has 0 aliphatic carbocycles. The number of piperidine rings is 1. The van der Waals surface area contributed by atoms with E-state index in [9.17, 15) is 0 Å². The molecule has 4 nitrogen and oxygen atoms in total. The fourth-order valence-electron chi connectivity index (χ4n) is 3.05. The molecule has 1 N–H and O–H groups in total. The Balaban J connectivity index is 1.97. The second-order valence-corrected chi connectivity index (χ2v) is 5.77. The van der Waals surface area contributed by atoms with Crippen LogP contribution in [0.5, 0.6) is 11.5 Å². The van der Waals surface area contributed by atoms with Crippen molar-refractivity contribution in [2.24, 2.45) is 5.92 Å². The highest BCUT2D eigenvalue weighted by molar-refractivity contribution is 5.59. The molecule has 21 heavy (non-hydrogen) atoms. The van der Waals surface area contributed by atoms with Gasteiger partial charge in [0, 0.05) is 12.1 Å². The number of benzene rings is 1. The van der Waals surface area contributed by atoms with Gasteiger partial charge >= 0.3 is 0 Å². The molecule has 0 amide bonds. The summed E-state index contributed by atoms with van der Waals surface area (Å²) in [7, 11) is 3.37. The summed E-state index contributed by atoms with van der Waals surface area (Å²) in [5, 5.41) is 3.62. The summed E-state index contributed by atoms with van der Waals surface area (Å²) < 4.78 is 10.7. The molecule has 0 spiro atoms. The number of nitrogens with zero attached hydrogens (tertiary/aromatic N) is 1. The Morgan fingerprint density at radius 1 is 1.24 bits per heavy atom. The topological polar surface area (TPSA) is 33.7 Å². The van der Waals surface area contributed by atoms with Gasteiger partial charge in [0.05, 0.1) is 19.9 Å². The summed E-state index contributed by atoms with van der Waals surface area (Å²) in [4.78, 5) is 2.52. The van der Waals surface area contributed by atoms with Crippen LogP contribution >= 0.6 is 0 Å². The van der Waals surface area contributed by atoms with Crippen LogP contribution in [0.4, 0.5) is 5.69 Å². The zero-order chi connectivity index (χ0) is 15.2. The van der Waals surface area contributed by atoms with Gasteiger partial charge in [-0.2, -0.15) is 0 Å². The minimum absolute atomic E-state index is 0.450. The van der Waals surface area contributed by atoms with E-state index in [1.165, 1.54) is 32.5 Å². The van der Waals surface area contributed by atoms with Gasteiger partial charge in [0.1, 0.15) is 11.5 Å². The van der Waals surface area contributed by atoms with Crippen molar-refractivity contribution in [3.05, 3.63) is 18.2 Å². The largest absolute Gasteiger partial charge is 0.497 e. The van der Waals surface area contributed by atoms with Crippen LogP contribution in [0.25, 0.3) is 0 Å². The van der Waals surface area contributed by atoms with Gasteiger partial charge in [0.2, 0.25) is 0 Å². The number of methoxy groups -OCH3 is 2. The molecule has 1 atom stereocenters. The molecule has 4 heteroatoms. The third-order valence-electron chi connectivity index (χ3n) is 4.58. The average molecular weight is 292 g/mol. The minimum atomic E-state index is 0.450. The Labute approximate surface area is 128 Å². The van der Waals surface area contributed by atoms with Crippen LogP contribution < -0.4 is 14.8 Å². The van der Waals surface area contributed by atoms with Crippen molar-refractivity contribution in [2.75, 3.05) is 39.2 Å². The highest BCUT2D eigenvalue weighted by Crippen LogP contribution is 2.31. The van der Waals surface area contributed by atoms with E-state index in [1.54, 1.807) is 14.2 Å². The first-order valence-corrected chi connectivity index (χ1v) is 7.88. The Hall–Kier alpha value is -1.42. The van der Waals surface area contributed by atoms with E-state index in [2.05, 4.69) is 24.1 Å². The Morgan fingerprint density at radius 3 is 2.52 bits per heavy atom. The summed E-state index contributed by atoms with van der Waals surface area (Å²) in [5.74, 6) is 2.38. The Kier molecular flexibility index (Phi) is 5.74. The van der Waals surface area contributed by atoms with Crippen LogP contribution in [0.15, 0.2) is 18.2 Å². The summed E-state index contributed by atoms with van der Waals surface area (Å²) >= 11 is 0. The number of likely N-dealkylation sites (tertiary alicyclic amines) is 1. The van der Waals surface area contributed by atoms with Gasteiger partial charge in [-0.15, -0.1) is 0 Å². The number of anilines is 1.